The van der Waals surface area contributed by atoms with Gasteiger partial charge in [0, 0.05) is 6.07 Å². The highest BCUT2D eigenvalue weighted by Crippen LogP contribution is 2.35. The summed E-state index contributed by atoms with van der Waals surface area (Å²) in [6, 6.07) is 7.29. The van der Waals surface area contributed by atoms with Gasteiger partial charge in [0.25, 0.3) is 0 Å². The lowest BCUT2D eigenvalue weighted by Gasteiger charge is -2.21. The maximum Gasteiger partial charge on any atom is 0.340 e. The predicted octanol–water partition coefficient (Wildman–Crippen LogP) is 5.81. The molecule has 1 saturated carbocycles. The molecular weight excluding hydrogens is 359 g/mol. The van der Waals surface area contributed by atoms with Crippen molar-refractivity contribution in [3.63, 3.8) is 0 Å². The van der Waals surface area contributed by atoms with E-state index in [0.717, 1.165) is 31.2 Å². The van der Waals surface area contributed by atoms with E-state index in [0.29, 0.717) is 16.9 Å². The molecule has 4 nitrogen and oxygen atoms in total. The van der Waals surface area contributed by atoms with Crippen LogP contribution in [0.25, 0.3) is 12.2 Å². The first kappa shape index (κ1) is 19.9. The minimum atomic E-state index is -1.21. The lowest BCUT2D eigenvalue weighted by molar-refractivity contribution is 0.0693. The van der Waals surface area contributed by atoms with Gasteiger partial charge in [-0.2, -0.15) is 0 Å². The molecule has 0 radical (unpaired) electrons. The first-order valence-corrected chi connectivity index (χ1v) is 9.66. The van der Waals surface area contributed by atoms with Crippen molar-refractivity contribution >= 4 is 18.1 Å². The number of halogens is 1. The summed E-state index contributed by atoms with van der Waals surface area (Å²) in [7, 11) is 0. The molecule has 0 aromatic heterocycles. The van der Waals surface area contributed by atoms with Gasteiger partial charge in [-0.05, 0) is 61.4 Å². The summed E-state index contributed by atoms with van der Waals surface area (Å²) >= 11 is 0. The number of aromatic hydroxyl groups is 1. The van der Waals surface area contributed by atoms with Crippen LogP contribution in [0.5, 0.6) is 11.5 Å². The van der Waals surface area contributed by atoms with E-state index in [9.17, 15) is 19.4 Å². The van der Waals surface area contributed by atoms with Crippen molar-refractivity contribution in [3.05, 3.63) is 58.4 Å². The summed E-state index contributed by atoms with van der Waals surface area (Å²) in [5.41, 5.74) is 1.62. The van der Waals surface area contributed by atoms with Gasteiger partial charge in [0.1, 0.15) is 22.9 Å². The molecule has 2 aromatic carbocycles. The standard InChI is InChI=1S/C23H25FO4/c1-15-19(13-10-16-8-11-17(24)12-9-16)22(23(26)27)20(25)14-21(15)28-18-6-4-2-3-5-7-18/h8-14,18,25H,2-7H2,1H3,(H,26,27). The lowest BCUT2D eigenvalue weighted by atomic mass is 9.98. The molecule has 28 heavy (non-hydrogen) atoms. The normalized spacial score (nSPS) is 15.5. The highest BCUT2D eigenvalue weighted by atomic mass is 19.1. The van der Waals surface area contributed by atoms with E-state index < -0.39 is 5.97 Å². The Kier molecular flexibility index (Phi) is 6.34. The fraction of sp³-hybridized carbons (Fsp3) is 0.348. The van der Waals surface area contributed by atoms with Crippen molar-refractivity contribution in [3.8, 4) is 11.5 Å². The Labute approximate surface area is 164 Å². The SMILES string of the molecule is Cc1c(OC2CCCCCC2)cc(O)c(C(=O)O)c1C=Cc1ccc(F)cc1. The van der Waals surface area contributed by atoms with Gasteiger partial charge < -0.3 is 14.9 Å². The van der Waals surface area contributed by atoms with Crippen molar-refractivity contribution in [1.82, 2.24) is 0 Å². The van der Waals surface area contributed by atoms with Gasteiger partial charge in [-0.25, -0.2) is 9.18 Å². The van der Waals surface area contributed by atoms with Crippen LogP contribution in [0.3, 0.4) is 0 Å². The number of carboxylic acid groups (broad SMARTS) is 1. The van der Waals surface area contributed by atoms with Gasteiger partial charge in [0.15, 0.2) is 0 Å². The highest BCUT2D eigenvalue weighted by molar-refractivity contribution is 5.97. The summed E-state index contributed by atoms with van der Waals surface area (Å²) in [5, 5.41) is 19.9. The molecule has 5 heteroatoms. The number of carboxylic acids is 1. The molecular formula is C23H25FO4. The second-order valence-electron chi connectivity index (χ2n) is 7.23. The number of aromatic carboxylic acids is 1. The Morgan fingerprint density at radius 1 is 1.11 bits per heavy atom. The molecule has 0 saturated heterocycles. The zero-order valence-corrected chi connectivity index (χ0v) is 16.0. The van der Waals surface area contributed by atoms with Crippen molar-refractivity contribution in [1.29, 1.82) is 0 Å². The average molecular weight is 384 g/mol. The van der Waals surface area contributed by atoms with Gasteiger partial charge in [0.05, 0.1) is 6.10 Å². The van der Waals surface area contributed by atoms with Crippen LogP contribution in [0.15, 0.2) is 30.3 Å². The van der Waals surface area contributed by atoms with E-state index in [4.69, 9.17) is 4.74 Å². The van der Waals surface area contributed by atoms with Crippen LogP contribution < -0.4 is 4.74 Å². The summed E-state index contributed by atoms with van der Waals surface area (Å²) < 4.78 is 19.2. The smallest absolute Gasteiger partial charge is 0.340 e. The van der Waals surface area contributed by atoms with Gasteiger partial charge >= 0.3 is 5.97 Å². The number of phenols is 1. The Bertz CT molecular complexity index is 863. The summed E-state index contributed by atoms with van der Waals surface area (Å²) in [6.07, 6.45) is 9.95. The van der Waals surface area contributed by atoms with Crippen LogP contribution >= 0.6 is 0 Å². The molecule has 0 aliphatic heterocycles. The Morgan fingerprint density at radius 3 is 2.36 bits per heavy atom. The minimum Gasteiger partial charge on any atom is -0.507 e. The molecule has 0 amide bonds. The molecule has 0 spiro atoms. The lowest BCUT2D eigenvalue weighted by Crippen LogP contribution is -2.16. The molecule has 0 heterocycles. The van der Waals surface area contributed by atoms with E-state index in [1.54, 1.807) is 31.2 Å². The first-order valence-electron chi connectivity index (χ1n) is 9.66. The maximum atomic E-state index is 13.1. The van der Waals surface area contributed by atoms with Crippen molar-refractivity contribution in [2.75, 3.05) is 0 Å². The number of rotatable bonds is 5. The summed E-state index contributed by atoms with van der Waals surface area (Å²) in [4.78, 5) is 11.7. The van der Waals surface area contributed by atoms with Crippen molar-refractivity contribution in [2.24, 2.45) is 0 Å². The maximum absolute atomic E-state index is 13.1. The van der Waals surface area contributed by atoms with Crippen LogP contribution in [0.2, 0.25) is 0 Å². The second-order valence-corrected chi connectivity index (χ2v) is 7.23. The average Bonchev–Trinajstić information content (AvgIpc) is 2.92. The third-order valence-electron chi connectivity index (χ3n) is 5.19. The molecule has 2 aromatic rings. The molecule has 0 atom stereocenters. The van der Waals surface area contributed by atoms with Gasteiger partial charge in [-0.3, -0.25) is 0 Å². The van der Waals surface area contributed by atoms with Crippen LogP contribution in [-0.2, 0) is 0 Å². The van der Waals surface area contributed by atoms with E-state index in [1.165, 1.54) is 31.0 Å². The van der Waals surface area contributed by atoms with E-state index in [1.807, 2.05) is 0 Å². The third kappa shape index (κ3) is 4.71. The van der Waals surface area contributed by atoms with Crippen LogP contribution in [0, 0.1) is 12.7 Å². The number of hydrogen-bond acceptors (Lipinski definition) is 3. The fourth-order valence-electron chi connectivity index (χ4n) is 3.61. The minimum absolute atomic E-state index is 0.0743. The van der Waals surface area contributed by atoms with Crippen LogP contribution in [0.4, 0.5) is 4.39 Å². The Hall–Kier alpha value is -2.82. The highest BCUT2D eigenvalue weighted by Gasteiger charge is 2.22. The predicted molar refractivity (Wildman–Crippen MR) is 107 cm³/mol. The van der Waals surface area contributed by atoms with E-state index >= 15 is 0 Å². The molecule has 2 N–H and O–H groups in total. The Balaban J connectivity index is 1.96. The van der Waals surface area contributed by atoms with Crippen molar-refractivity contribution < 1.29 is 24.1 Å². The van der Waals surface area contributed by atoms with Crippen LogP contribution in [-0.4, -0.2) is 22.3 Å². The molecule has 148 valence electrons. The molecule has 0 bridgehead atoms. The largest absolute Gasteiger partial charge is 0.507 e. The topological polar surface area (TPSA) is 66.8 Å². The zero-order valence-electron chi connectivity index (χ0n) is 16.0. The first-order chi connectivity index (χ1) is 13.5. The number of benzene rings is 2. The third-order valence-corrected chi connectivity index (χ3v) is 5.19. The van der Waals surface area contributed by atoms with E-state index in [-0.39, 0.29) is 23.2 Å². The number of hydrogen-bond donors (Lipinski definition) is 2. The quantitative estimate of drug-likeness (QED) is 0.504. The Morgan fingerprint density at radius 2 is 1.75 bits per heavy atom. The molecule has 1 aliphatic rings. The number of carbonyl (C=O) groups is 1. The molecule has 3 rings (SSSR count). The van der Waals surface area contributed by atoms with Crippen LogP contribution in [0.1, 0.15) is 65.6 Å². The monoisotopic (exact) mass is 384 g/mol. The molecule has 1 fully saturated rings. The van der Waals surface area contributed by atoms with Gasteiger partial charge in [-0.1, -0.05) is 37.1 Å². The summed E-state index contributed by atoms with van der Waals surface area (Å²) in [5.74, 6) is -1.36. The van der Waals surface area contributed by atoms with Gasteiger partial charge in [-0.15, -0.1) is 0 Å². The summed E-state index contributed by atoms with van der Waals surface area (Å²) in [6.45, 7) is 1.79. The fourth-order valence-corrected chi connectivity index (χ4v) is 3.61. The molecule has 1 aliphatic carbocycles. The van der Waals surface area contributed by atoms with Gasteiger partial charge in [0.2, 0.25) is 0 Å². The van der Waals surface area contributed by atoms with E-state index in [2.05, 4.69) is 0 Å². The van der Waals surface area contributed by atoms with Crippen molar-refractivity contribution in [2.45, 2.75) is 51.6 Å². The zero-order chi connectivity index (χ0) is 20.1. The number of ether oxygens (including phenoxy) is 1. The molecule has 0 unspecified atom stereocenters. The second kappa shape index (κ2) is 8.91.